The molecule has 0 aliphatic carbocycles. The molecule has 0 heterocycles. The normalized spacial score (nSPS) is 10.8. The molecule has 0 unspecified atom stereocenters. The molecule has 0 amide bonds. The van der Waals surface area contributed by atoms with Gasteiger partial charge in [0.25, 0.3) is 0 Å². The minimum atomic E-state index is -4.32. The third-order valence-corrected chi connectivity index (χ3v) is 2.11. The second kappa shape index (κ2) is 5.60. The highest BCUT2D eigenvalue weighted by Gasteiger charge is 2.32. The van der Waals surface area contributed by atoms with Crippen LogP contribution >= 0.6 is 0 Å². The number of hydrogen-bond donors (Lipinski definition) is 0. The Kier molecular flexibility index (Phi) is 4.42. The summed E-state index contributed by atoms with van der Waals surface area (Å²) in [5.41, 5.74) is -0.592. The fourth-order valence-corrected chi connectivity index (χ4v) is 1.26. The van der Waals surface area contributed by atoms with E-state index in [0.717, 1.165) is 18.9 Å². The van der Waals surface area contributed by atoms with Gasteiger partial charge in [-0.2, -0.15) is 13.2 Å². The molecule has 1 rings (SSSR count). The lowest BCUT2D eigenvalue weighted by Crippen LogP contribution is -2.07. The Bertz CT molecular complexity index is 394. The third kappa shape index (κ3) is 3.62. The molecule has 0 aliphatic rings. The van der Waals surface area contributed by atoms with E-state index in [1.165, 1.54) is 12.1 Å². The lowest BCUT2D eigenvalue weighted by molar-refractivity contribution is -0.137. The molecule has 0 atom stereocenters. The van der Waals surface area contributed by atoms with Gasteiger partial charge in [-0.05, 0) is 18.6 Å². The Morgan fingerprint density at radius 2 is 1.88 bits per heavy atom. The highest BCUT2D eigenvalue weighted by Crippen LogP contribution is 2.31. The second-order valence-corrected chi connectivity index (χ2v) is 3.45. The maximum atomic E-state index is 12.6. The lowest BCUT2D eigenvalue weighted by atomic mass is 10.1. The van der Waals surface area contributed by atoms with E-state index in [9.17, 15) is 13.2 Å². The Balaban J connectivity index is 2.90. The molecule has 0 saturated carbocycles. The van der Waals surface area contributed by atoms with Crippen LogP contribution in [0.4, 0.5) is 13.2 Å². The summed E-state index contributed by atoms with van der Waals surface area (Å²) in [6, 6.07) is 5.41. The molecule has 0 saturated heterocycles. The van der Waals surface area contributed by atoms with Crippen LogP contribution in [0.3, 0.4) is 0 Å². The van der Waals surface area contributed by atoms with Crippen LogP contribution in [0, 0.1) is 11.8 Å². The molecule has 86 valence electrons. The largest absolute Gasteiger partial charge is 0.417 e. The van der Waals surface area contributed by atoms with Crippen LogP contribution in [0.2, 0.25) is 0 Å². The van der Waals surface area contributed by atoms with Crippen LogP contribution in [-0.2, 0) is 6.18 Å². The molecule has 3 heteroatoms. The number of rotatable bonds is 2. The smallest absolute Gasteiger partial charge is 0.166 e. The van der Waals surface area contributed by atoms with Gasteiger partial charge in [-0.1, -0.05) is 37.3 Å². The second-order valence-electron chi connectivity index (χ2n) is 3.45. The van der Waals surface area contributed by atoms with Gasteiger partial charge in [-0.25, -0.2) is 0 Å². The zero-order chi connectivity index (χ0) is 12.0. The average Bonchev–Trinajstić information content (AvgIpc) is 2.24. The van der Waals surface area contributed by atoms with Crippen LogP contribution in [0.5, 0.6) is 0 Å². The maximum Gasteiger partial charge on any atom is 0.417 e. The summed E-state index contributed by atoms with van der Waals surface area (Å²) in [7, 11) is 0. The van der Waals surface area contributed by atoms with Crippen molar-refractivity contribution in [2.45, 2.75) is 32.4 Å². The lowest BCUT2D eigenvalue weighted by Gasteiger charge is -2.07. The first-order valence-electron chi connectivity index (χ1n) is 5.20. The molecule has 1 aromatic carbocycles. The van der Waals surface area contributed by atoms with Crippen molar-refractivity contribution in [3.63, 3.8) is 0 Å². The van der Waals surface area contributed by atoms with Crippen molar-refractivity contribution in [1.29, 1.82) is 0 Å². The van der Waals surface area contributed by atoms with Crippen molar-refractivity contribution in [3.8, 4) is 11.8 Å². The van der Waals surface area contributed by atoms with Gasteiger partial charge in [-0.15, -0.1) is 0 Å². The molecule has 0 spiro atoms. The summed E-state index contributed by atoms with van der Waals surface area (Å²) >= 11 is 0. The number of benzene rings is 1. The first-order valence-corrected chi connectivity index (χ1v) is 5.20. The monoisotopic (exact) mass is 226 g/mol. The number of halogens is 3. The molecule has 1 aromatic rings. The summed E-state index contributed by atoms with van der Waals surface area (Å²) < 4.78 is 37.7. The van der Waals surface area contributed by atoms with E-state index >= 15 is 0 Å². The Hall–Kier alpha value is -1.43. The number of unbranched alkanes of at least 4 members (excludes halogenated alkanes) is 2. The number of alkyl halides is 3. The van der Waals surface area contributed by atoms with Gasteiger partial charge in [0.2, 0.25) is 0 Å². The molecular formula is C13H13F3. The van der Waals surface area contributed by atoms with Crippen LogP contribution in [0.15, 0.2) is 24.3 Å². The first kappa shape index (κ1) is 12.6. The van der Waals surface area contributed by atoms with Crippen molar-refractivity contribution >= 4 is 0 Å². The van der Waals surface area contributed by atoms with Crippen LogP contribution < -0.4 is 0 Å². The molecule has 16 heavy (non-hydrogen) atoms. The molecule has 0 radical (unpaired) electrons. The molecule has 0 nitrogen and oxygen atoms in total. The van der Waals surface area contributed by atoms with E-state index in [2.05, 4.69) is 11.8 Å². The fourth-order valence-electron chi connectivity index (χ4n) is 1.26. The summed E-state index contributed by atoms with van der Waals surface area (Å²) in [4.78, 5) is 0. The quantitative estimate of drug-likeness (QED) is 0.522. The van der Waals surface area contributed by atoms with Crippen molar-refractivity contribution in [2.75, 3.05) is 0 Å². The van der Waals surface area contributed by atoms with Gasteiger partial charge in [-0.3, -0.25) is 0 Å². The summed E-state index contributed by atoms with van der Waals surface area (Å²) in [6.45, 7) is 2.02. The van der Waals surface area contributed by atoms with Crippen molar-refractivity contribution < 1.29 is 13.2 Å². The Labute approximate surface area is 93.5 Å². The first-order chi connectivity index (χ1) is 7.55. The van der Waals surface area contributed by atoms with Crippen LogP contribution in [0.25, 0.3) is 0 Å². The molecule has 0 aromatic heterocycles. The SMILES string of the molecule is CCCCC#Cc1ccccc1C(F)(F)F. The van der Waals surface area contributed by atoms with Crippen LogP contribution in [0.1, 0.15) is 37.3 Å². The highest BCUT2D eigenvalue weighted by atomic mass is 19.4. The minimum Gasteiger partial charge on any atom is -0.166 e. The third-order valence-electron chi connectivity index (χ3n) is 2.11. The van der Waals surface area contributed by atoms with Crippen molar-refractivity contribution in [1.82, 2.24) is 0 Å². The average molecular weight is 226 g/mol. The standard InChI is InChI=1S/C13H13F3/c1-2-3-4-5-8-11-9-6-7-10-12(11)13(14,15)16/h6-7,9-10H,2-4H2,1H3. The zero-order valence-electron chi connectivity index (χ0n) is 9.06. The highest BCUT2D eigenvalue weighted by molar-refractivity contribution is 5.42. The van der Waals surface area contributed by atoms with E-state index in [-0.39, 0.29) is 5.56 Å². The maximum absolute atomic E-state index is 12.6. The minimum absolute atomic E-state index is 0.0612. The predicted molar refractivity (Wildman–Crippen MR) is 57.8 cm³/mol. The van der Waals surface area contributed by atoms with Gasteiger partial charge >= 0.3 is 6.18 Å². The summed E-state index contributed by atoms with van der Waals surface area (Å²) in [5.74, 6) is 5.35. The summed E-state index contributed by atoms with van der Waals surface area (Å²) in [5, 5.41) is 0. The van der Waals surface area contributed by atoms with Crippen molar-refractivity contribution in [3.05, 3.63) is 35.4 Å². The number of hydrogen-bond acceptors (Lipinski definition) is 0. The molecule has 0 bridgehead atoms. The van der Waals surface area contributed by atoms with Gasteiger partial charge in [0, 0.05) is 12.0 Å². The van der Waals surface area contributed by atoms with Gasteiger partial charge in [0.15, 0.2) is 0 Å². The molecular weight excluding hydrogens is 213 g/mol. The predicted octanol–water partition coefficient (Wildman–Crippen LogP) is 4.25. The van der Waals surface area contributed by atoms with Gasteiger partial charge < -0.3 is 0 Å². The summed E-state index contributed by atoms with van der Waals surface area (Å²) in [6.07, 6.45) is -1.77. The Morgan fingerprint density at radius 3 is 2.50 bits per heavy atom. The van der Waals surface area contributed by atoms with E-state index < -0.39 is 11.7 Å². The van der Waals surface area contributed by atoms with E-state index in [0.29, 0.717) is 6.42 Å². The van der Waals surface area contributed by atoms with E-state index in [1.54, 1.807) is 6.07 Å². The van der Waals surface area contributed by atoms with Crippen LogP contribution in [-0.4, -0.2) is 0 Å². The van der Waals surface area contributed by atoms with E-state index in [1.807, 2.05) is 6.92 Å². The van der Waals surface area contributed by atoms with Gasteiger partial charge in [0.1, 0.15) is 0 Å². The molecule has 0 N–H and O–H groups in total. The molecule has 0 fully saturated rings. The topological polar surface area (TPSA) is 0 Å². The van der Waals surface area contributed by atoms with Crippen molar-refractivity contribution in [2.24, 2.45) is 0 Å². The zero-order valence-corrected chi connectivity index (χ0v) is 9.06. The fraction of sp³-hybridized carbons (Fsp3) is 0.385. The van der Waals surface area contributed by atoms with E-state index in [4.69, 9.17) is 0 Å². The van der Waals surface area contributed by atoms with Gasteiger partial charge in [0.05, 0.1) is 5.56 Å². The molecule has 0 aliphatic heterocycles. The Morgan fingerprint density at radius 1 is 1.19 bits per heavy atom.